The molecule has 1 aromatic rings. The maximum atomic E-state index is 12.3. The van der Waals surface area contributed by atoms with Crippen molar-refractivity contribution in [1.29, 1.82) is 0 Å². The number of rotatable bonds is 4. The second-order valence-electron chi connectivity index (χ2n) is 5.37. The van der Waals surface area contributed by atoms with Gasteiger partial charge >= 0.3 is 5.97 Å². The number of nitrogens with one attached hydrogen (secondary N) is 2. The molecular formula is C16H22N2O3. The van der Waals surface area contributed by atoms with Gasteiger partial charge in [-0.25, -0.2) is 4.79 Å². The molecule has 1 heterocycles. The Hall–Kier alpha value is -1.88. The Morgan fingerprint density at radius 1 is 1.43 bits per heavy atom. The van der Waals surface area contributed by atoms with Crippen molar-refractivity contribution in [2.75, 3.05) is 19.0 Å². The van der Waals surface area contributed by atoms with E-state index in [0.717, 1.165) is 25.8 Å². The molecule has 2 atom stereocenters. The van der Waals surface area contributed by atoms with Gasteiger partial charge in [0.05, 0.1) is 18.7 Å². The topological polar surface area (TPSA) is 67.4 Å². The minimum absolute atomic E-state index is 0.0461. The molecule has 114 valence electrons. The average Bonchev–Trinajstić information content (AvgIpc) is 2.54. The van der Waals surface area contributed by atoms with Crippen molar-refractivity contribution >= 4 is 17.6 Å². The minimum Gasteiger partial charge on any atom is -0.465 e. The van der Waals surface area contributed by atoms with E-state index in [1.807, 2.05) is 0 Å². The lowest BCUT2D eigenvalue weighted by Crippen LogP contribution is -2.46. The van der Waals surface area contributed by atoms with E-state index >= 15 is 0 Å². The zero-order valence-corrected chi connectivity index (χ0v) is 12.5. The van der Waals surface area contributed by atoms with E-state index in [1.54, 1.807) is 24.3 Å². The third-order valence-corrected chi connectivity index (χ3v) is 3.96. The predicted molar refractivity (Wildman–Crippen MR) is 81.2 cm³/mol. The van der Waals surface area contributed by atoms with Gasteiger partial charge in [-0.15, -0.1) is 0 Å². The monoisotopic (exact) mass is 290 g/mol. The van der Waals surface area contributed by atoms with Gasteiger partial charge in [0.25, 0.3) is 0 Å². The fourth-order valence-corrected chi connectivity index (χ4v) is 2.64. The number of amides is 1. The first kappa shape index (κ1) is 15.5. The number of carbonyl (C=O) groups excluding carboxylic acids is 2. The number of benzene rings is 1. The summed E-state index contributed by atoms with van der Waals surface area (Å²) in [5, 5.41) is 6.11. The third-order valence-electron chi connectivity index (χ3n) is 3.96. The molecule has 2 rings (SSSR count). The van der Waals surface area contributed by atoms with Gasteiger partial charge in [-0.05, 0) is 43.5 Å². The van der Waals surface area contributed by atoms with E-state index in [1.165, 1.54) is 7.11 Å². The quantitative estimate of drug-likeness (QED) is 0.834. The number of anilines is 1. The highest BCUT2D eigenvalue weighted by atomic mass is 16.5. The Kier molecular flexibility index (Phi) is 5.33. The zero-order valence-electron chi connectivity index (χ0n) is 12.5. The Balaban J connectivity index is 2.00. The Morgan fingerprint density at radius 2 is 2.24 bits per heavy atom. The number of hydrogen-bond acceptors (Lipinski definition) is 4. The van der Waals surface area contributed by atoms with Crippen LogP contribution in [0.3, 0.4) is 0 Å². The molecule has 1 aliphatic rings. The lowest BCUT2D eigenvalue weighted by Gasteiger charge is -2.28. The van der Waals surface area contributed by atoms with Crippen molar-refractivity contribution < 1.29 is 14.3 Å². The van der Waals surface area contributed by atoms with Crippen LogP contribution in [0.1, 0.15) is 36.5 Å². The lowest BCUT2D eigenvalue weighted by atomic mass is 9.90. The highest BCUT2D eigenvalue weighted by Gasteiger charge is 2.25. The molecule has 1 amide bonds. The molecule has 2 unspecified atom stereocenters. The Bertz CT molecular complexity index is 516. The van der Waals surface area contributed by atoms with E-state index < -0.39 is 5.97 Å². The molecular weight excluding hydrogens is 268 g/mol. The van der Waals surface area contributed by atoms with E-state index in [4.69, 9.17) is 0 Å². The lowest BCUT2D eigenvalue weighted by molar-refractivity contribution is -0.119. The Labute approximate surface area is 125 Å². The van der Waals surface area contributed by atoms with Crippen LogP contribution in [0.4, 0.5) is 5.69 Å². The molecule has 0 aromatic heterocycles. The summed E-state index contributed by atoms with van der Waals surface area (Å²) >= 11 is 0. The fraction of sp³-hybridized carbons (Fsp3) is 0.500. The van der Waals surface area contributed by atoms with Gasteiger partial charge in [0.15, 0.2) is 0 Å². The van der Waals surface area contributed by atoms with Crippen LogP contribution >= 0.6 is 0 Å². The number of carbonyl (C=O) groups is 2. The Morgan fingerprint density at radius 3 is 2.95 bits per heavy atom. The standard InChI is InChI=1S/C16H22N2O3/c1-3-11-7-8-17-14(9-11)15(19)18-13-6-4-5-12(10-13)16(20)21-2/h4-6,10-11,14,17H,3,7-9H2,1-2H3,(H,18,19). The minimum atomic E-state index is -0.409. The summed E-state index contributed by atoms with van der Waals surface area (Å²) in [5.74, 6) is 0.145. The number of esters is 1. The molecule has 0 bridgehead atoms. The summed E-state index contributed by atoms with van der Waals surface area (Å²) in [6, 6.07) is 6.62. The van der Waals surface area contributed by atoms with Crippen LogP contribution < -0.4 is 10.6 Å². The van der Waals surface area contributed by atoms with Crippen LogP contribution in [-0.4, -0.2) is 31.6 Å². The van der Waals surface area contributed by atoms with Crippen molar-refractivity contribution in [2.24, 2.45) is 5.92 Å². The molecule has 0 saturated carbocycles. The van der Waals surface area contributed by atoms with Crippen LogP contribution in [0.2, 0.25) is 0 Å². The molecule has 21 heavy (non-hydrogen) atoms. The smallest absolute Gasteiger partial charge is 0.337 e. The molecule has 1 saturated heterocycles. The molecule has 5 nitrogen and oxygen atoms in total. The third kappa shape index (κ3) is 4.04. The summed E-state index contributed by atoms with van der Waals surface area (Å²) in [5.41, 5.74) is 1.04. The maximum Gasteiger partial charge on any atom is 0.337 e. The van der Waals surface area contributed by atoms with Crippen LogP contribution in [0, 0.1) is 5.92 Å². The molecule has 1 aliphatic heterocycles. The second kappa shape index (κ2) is 7.22. The van der Waals surface area contributed by atoms with Gasteiger partial charge in [-0.2, -0.15) is 0 Å². The first-order valence-electron chi connectivity index (χ1n) is 7.36. The largest absolute Gasteiger partial charge is 0.465 e. The van der Waals surface area contributed by atoms with Crippen LogP contribution in [-0.2, 0) is 9.53 Å². The second-order valence-corrected chi connectivity index (χ2v) is 5.37. The summed E-state index contributed by atoms with van der Waals surface area (Å²) in [6.45, 7) is 3.03. The SMILES string of the molecule is CCC1CCNC(C(=O)Nc2cccc(C(=O)OC)c2)C1. The number of methoxy groups -OCH3 is 1. The van der Waals surface area contributed by atoms with Crippen molar-refractivity contribution in [2.45, 2.75) is 32.2 Å². The summed E-state index contributed by atoms with van der Waals surface area (Å²) < 4.78 is 4.68. The number of ether oxygens (including phenoxy) is 1. The van der Waals surface area contributed by atoms with Crippen molar-refractivity contribution in [3.63, 3.8) is 0 Å². The van der Waals surface area contributed by atoms with Gasteiger partial charge in [0.2, 0.25) is 5.91 Å². The highest BCUT2D eigenvalue weighted by Crippen LogP contribution is 2.20. The molecule has 2 N–H and O–H groups in total. The molecule has 0 spiro atoms. The molecule has 0 aliphatic carbocycles. The predicted octanol–water partition coefficient (Wildman–Crippen LogP) is 2.19. The van der Waals surface area contributed by atoms with Crippen molar-refractivity contribution in [1.82, 2.24) is 5.32 Å². The van der Waals surface area contributed by atoms with Crippen LogP contribution in [0.15, 0.2) is 24.3 Å². The number of piperidine rings is 1. The molecule has 5 heteroatoms. The van der Waals surface area contributed by atoms with Crippen LogP contribution in [0.25, 0.3) is 0 Å². The first-order valence-corrected chi connectivity index (χ1v) is 7.36. The molecule has 1 fully saturated rings. The normalized spacial score (nSPS) is 21.6. The van der Waals surface area contributed by atoms with Gasteiger partial charge in [-0.1, -0.05) is 19.4 Å². The molecule has 1 aromatic carbocycles. The van der Waals surface area contributed by atoms with E-state index in [-0.39, 0.29) is 11.9 Å². The van der Waals surface area contributed by atoms with E-state index in [9.17, 15) is 9.59 Å². The number of hydrogen-bond donors (Lipinski definition) is 2. The van der Waals surface area contributed by atoms with Crippen molar-refractivity contribution in [3.8, 4) is 0 Å². The van der Waals surface area contributed by atoms with Crippen LogP contribution in [0.5, 0.6) is 0 Å². The fourth-order valence-electron chi connectivity index (χ4n) is 2.64. The van der Waals surface area contributed by atoms with Gasteiger partial charge in [0, 0.05) is 5.69 Å². The summed E-state index contributed by atoms with van der Waals surface area (Å²) in [4.78, 5) is 23.8. The van der Waals surface area contributed by atoms with Crippen molar-refractivity contribution in [3.05, 3.63) is 29.8 Å². The van der Waals surface area contributed by atoms with Gasteiger partial charge in [-0.3, -0.25) is 4.79 Å². The summed E-state index contributed by atoms with van der Waals surface area (Å²) in [6.07, 6.45) is 3.08. The highest BCUT2D eigenvalue weighted by molar-refractivity contribution is 5.97. The maximum absolute atomic E-state index is 12.3. The zero-order chi connectivity index (χ0) is 15.2. The van der Waals surface area contributed by atoms with Gasteiger partial charge in [0.1, 0.15) is 0 Å². The summed E-state index contributed by atoms with van der Waals surface area (Å²) in [7, 11) is 1.34. The average molecular weight is 290 g/mol. The molecule has 0 radical (unpaired) electrons. The van der Waals surface area contributed by atoms with Gasteiger partial charge < -0.3 is 15.4 Å². The first-order chi connectivity index (χ1) is 10.1. The van der Waals surface area contributed by atoms with E-state index in [0.29, 0.717) is 17.2 Å². The van der Waals surface area contributed by atoms with E-state index in [2.05, 4.69) is 22.3 Å².